The van der Waals surface area contributed by atoms with Gasteiger partial charge in [-0.05, 0) is 48.9 Å². The maximum atomic E-state index is 12.9. The molecule has 1 aromatic carbocycles. The average molecular weight is 429 g/mol. The minimum atomic E-state index is -3.66. The minimum Gasteiger partial charge on any atom is -0.340 e. The van der Waals surface area contributed by atoms with Gasteiger partial charge in [0.05, 0.1) is 4.90 Å². The van der Waals surface area contributed by atoms with E-state index in [1.165, 1.54) is 28.6 Å². The summed E-state index contributed by atoms with van der Waals surface area (Å²) in [6, 6.07) is 11.6. The summed E-state index contributed by atoms with van der Waals surface area (Å²) in [6.45, 7) is 4.57. The number of amides is 2. The predicted molar refractivity (Wildman–Crippen MR) is 113 cm³/mol. The quantitative estimate of drug-likeness (QED) is 0.677. The summed E-state index contributed by atoms with van der Waals surface area (Å²) < 4.78 is 27.1. The Labute approximate surface area is 176 Å². The fraction of sp³-hybridized carbons (Fsp3) is 0.286. The van der Waals surface area contributed by atoms with Crippen LogP contribution in [0.2, 0.25) is 0 Å². The van der Waals surface area contributed by atoms with Gasteiger partial charge in [0.2, 0.25) is 21.8 Å². The van der Waals surface area contributed by atoms with Crippen LogP contribution >= 0.6 is 0 Å². The highest BCUT2D eigenvalue weighted by atomic mass is 32.2. The molecule has 0 saturated carbocycles. The highest BCUT2D eigenvalue weighted by Gasteiger charge is 2.30. The van der Waals surface area contributed by atoms with Gasteiger partial charge in [-0.15, -0.1) is 0 Å². The number of sulfonamides is 1. The van der Waals surface area contributed by atoms with E-state index < -0.39 is 10.0 Å². The van der Waals surface area contributed by atoms with Gasteiger partial charge in [0, 0.05) is 50.2 Å². The van der Waals surface area contributed by atoms with Gasteiger partial charge in [-0.3, -0.25) is 14.6 Å². The molecule has 0 radical (unpaired) electrons. The molecule has 1 aliphatic heterocycles. The van der Waals surface area contributed by atoms with E-state index in [-0.39, 0.29) is 29.8 Å². The zero-order chi connectivity index (χ0) is 21.6. The van der Waals surface area contributed by atoms with E-state index in [1.807, 2.05) is 18.2 Å². The third-order valence-electron chi connectivity index (χ3n) is 4.86. The van der Waals surface area contributed by atoms with Crippen molar-refractivity contribution >= 4 is 27.5 Å². The Balaban J connectivity index is 1.55. The summed E-state index contributed by atoms with van der Waals surface area (Å²) in [5.41, 5.74) is 1.35. The minimum absolute atomic E-state index is 0.0000131. The molecule has 30 heavy (non-hydrogen) atoms. The molecule has 0 unspecified atom stereocenters. The van der Waals surface area contributed by atoms with Crippen LogP contribution in [0.5, 0.6) is 0 Å². The maximum absolute atomic E-state index is 12.9. The lowest BCUT2D eigenvalue weighted by Gasteiger charge is -2.34. The van der Waals surface area contributed by atoms with Crippen LogP contribution in [-0.4, -0.2) is 60.6 Å². The molecular weight excluding hydrogens is 404 g/mol. The van der Waals surface area contributed by atoms with Crippen LogP contribution in [0.3, 0.4) is 0 Å². The van der Waals surface area contributed by atoms with Gasteiger partial charge in [0.1, 0.15) is 0 Å². The lowest BCUT2D eigenvalue weighted by atomic mass is 10.2. The van der Waals surface area contributed by atoms with E-state index in [1.54, 1.807) is 11.1 Å². The Morgan fingerprint density at radius 3 is 2.37 bits per heavy atom. The standard InChI is InChI=1S/C21H24N4O4S/c1-2-20(26)23-18-6-9-19(10-7-18)30(28,29)25-15-13-24(14-16-25)21(27)11-8-17-5-3-4-12-22-17/h2-7,9-10,12H,1,8,11,13-16H2,(H,23,26). The molecule has 1 fully saturated rings. The first-order valence-electron chi connectivity index (χ1n) is 9.61. The normalized spacial score (nSPS) is 14.9. The lowest BCUT2D eigenvalue weighted by Crippen LogP contribution is -2.50. The Morgan fingerprint density at radius 2 is 1.77 bits per heavy atom. The van der Waals surface area contributed by atoms with Crippen LogP contribution in [0.4, 0.5) is 5.69 Å². The molecule has 0 spiro atoms. The van der Waals surface area contributed by atoms with Crippen molar-refractivity contribution in [1.29, 1.82) is 0 Å². The molecule has 0 atom stereocenters. The zero-order valence-electron chi connectivity index (χ0n) is 16.5. The van der Waals surface area contributed by atoms with Gasteiger partial charge in [-0.1, -0.05) is 12.6 Å². The monoisotopic (exact) mass is 428 g/mol. The number of nitrogens with one attached hydrogen (secondary N) is 1. The van der Waals surface area contributed by atoms with E-state index in [4.69, 9.17) is 0 Å². The second kappa shape index (κ2) is 9.64. The smallest absolute Gasteiger partial charge is 0.247 e. The number of piperazine rings is 1. The molecule has 2 heterocycles. The van der Waals surface area contributed by atoms with Crippen molar-refractivity contribution in [3.8, 4) is 0 Å². The van der Waals surface area contributed by atoms with Crippen LogP contribution < -0.4 is 5.32 Å². The Bertz CT molecular complexity index is 999. The molecule has 3 rings (SSSR count). The van der Waals surface area contributed by atoms with Crippen molar-refractivity contribution < 1.29 is 18.0 Å². The number of nitrogens with zero attached hydrogens (tertiary/aromatic N) is 3. The number of carbonyl (C=O) groups excluding carboxylic acids is 2. The van der Waals surface area contributed by atoms with Gasteiger partial charge in [-0.2, -0.15) is 4.31 Å². The summed E-state index contributed by atoms with van der Waals surface area (Å²) in [5, 5.41) is 2.58. The molecule has 0 aliphatic carbocycles. The molecule has 0 bridgehead atoms. The second-order valence-electron chi connectivity index (χ2n) is 6.82. The largest absolute Gasteiger partial charge is 0.340 e. The first-order valence-corrected chi connectivity index (χ1v) is 11.1. The van der Waals surface area contributed by atoms with Crippen molar-refractivity contribution in [2.75, 3.05) is 31.5 Å². The van der Waals surface area contributed by atoms with Crippen LogP contribution in [0.1, 0.15) is 12.1 Å². The first-order chi connectivity index (χ1) is 14.4. The zero-order valence-corrected chi connectivity index (χ0v) is 17.3. The third kappa shape index (κ3) is 5.31. The Morgan fingerprint density at radius 1 is 1.07 bits per heavy atom. The van der Waals surface area contributed by atoms with Crippen molar-refractivity contribution in [2.24, 2.45) is 0 Å². The highest BCUT2D eigenvalue weighted by molar-refractivity contribution is 7.89. The lowest BCUT2D eigenvalue weighted by molar-refractivity contribution is -0.132. The Hall–Kier alpha value is -3.04. The maximum Gasteiger partial charge on any atom is 0.247 e. The number of rotatable bonds is 7. The number of hydrogen-bond acceptors (Lipinski definition) is 5. The predicted octanol–water partition coefficient (Wildman–Crippen LogP) is 1.67. The summed E-state index contributed by atoms with van der Waals surface area (Å²) in [4.78, 5) is 29.8. The number of carbonyl (C=O) groups is 2. The van der Waals surface area contributed by atoms with Crippen molar-refractivity contribution in [1.82, 2.24) is 14.2 Å². The summed E-state index contributed by atoms with van der Waals surface area (Å²) >= 11 is 0. The van der Waals surface area contributed by atoms with Gasteiger partial charge < -0.3 is 10.2 Å². The van der Waals surface area contributed by atoms with E-state index in [0.717, 1.165) is 11.8 Å². The van der Waals surface area contributed by atoms with E-state index >= 15 is 0 Å². The van der Waals surface area contributed by atoms with Gasteiger partial charge in [0.25, 0.3) is 0 Å². The number of hydrogen-bond donors (Lipinski definition) is 1. The van der Waals surface area contributed by atoms with Crippen molar-refractivity contribution in [2.45, 2.75) is 17.7 Å². The molecule has 2 aromatic rings. The number of benzene rings is 1. The van der Waals surface area contributed by atoms with E-state index in [9.17, 15) is 18.0 Å². The summed E-state index contributed by atoms with van der Waals surface area (Å²) in [6.07, 6.45) is 3.75. The molecule has 1 aliphatic rings. The molecule has 9 heteroatoms. The fourth-order valence-corrected chi connectivity index (χ4v) is 4.59. The second-order valence-corrected chi connectivity index (χ2v) is 8.76. The molecular formula is C21H24N4O4S. The van der Waals surface area contributed by atoms with E-state index in [0.29, 0.717) is 31.6 Å². The third-order valence-corrected chi connectivity index (χ3v) is 6.77. The molecule has 1 N–H and O–H groups in total. The summed E-state index contributed by atoms with van der Waals surface area (Å²) in [7, 11) is -3.66. The highest BCUT2D eigenvalue weighted by Crippen LogP contribution is 2.20. The van der Waals surface area contributed by atoms with Crippen LogP contribution in [0, 0.1) is 0 Å². The molecule has 1 saturated heterocycles. The molecule has 8 nitrogen and oxygen atoms in total. The van der Waals surface area contributed by atoms with E-state index in [2.05, 4.69) is 16.9 Å². The number of aryl methyl sites for hydroxylation is 1. The van der Waals surface area contributed by atoms with Crippen LogP contribution in [0.25, 0.3) is 0 Å². The first kappa shape index (κ1) is 21.7. The van der Waals surface area contributed by atoms with Crippen molar-refractivity contribution in [3.63, 3.8) is 0 Å². The summed E-state index contributed by atoms with van der Waals surface area (Å²) in [5.74, 6) is -0.366. The van der Waals surface area contributed by atoms with Crippen molar-refractivity contribution in [3.05, 3.63) is 67.0 Å². The van der Waals surface area contributed by atoms with Gasteiger partial charge in [-0.25, -0.2) is 8.42 Å². The Kier molecular flexibility index (Phi) is 6.96. The molecule has 1 aromatic heterocycles. The number of pyridine rings is 1. The SMILES string of the molecule is C=CC(=O)Nc1ccc(S(=O)(=O)N2CCN(C(=O)CCc3ccccn3)CC2)cc1. The van der Waals surface area contributed by atoms with Gasteiger partial charge >= 0.3 is 0 Å². The number of anilines is 1. The van der Waals surface area contributed by atoms with Crippen LogP contribution in [0.15, 0.2) is 66.2 Å². The fourth-order valence-electron chi connectivity index (χ4n) is 3.17. The average Bonchev–Trinajstić information content (AvgIpc) is 2.78. The molecule has 2 amide bonds. The van der Waals surface area contributed by atoms with Crippen LogP contribution in [-0.2, 0) is 26.0 Å². The number of aromatic nitrogens is 1. The topological polar surface area (TPSA) is 99.7 Å². The van der Waals surface area contributed by atoms with Gasteiger partial charge in [0.15, 0.2) is 0 Å². The molecule has 158 valence electrons.